The average molecular weight is 474 g/mol. The molecule has 4 aromatic rings. The van der Waals surface area contributed by atoms with Gasteiger partial charge in [0.15, 0.2) is 5.78 Å². The number of rotatable bonds is 3. The Morgan fingerprint density at radius 3 is 2.41 bits per heavy atom. The van der Waals surface area contributed by atoms with Gasteiger partial charge in [-0.05, 0) is 56.3 Å². The number of aryl methyl sites for hydroxylation is 2. The number of halogens is 1. The fraction of sp³-hybridized carbons (Fsp3) is 0.172. The highest BCUT2D eigenvalue weighted by Gasteiger charge is 2.19. The number of fused-ring (bicyclic) bond motifs is 2. The molecule has 0 radical (unpaired) electrons. The molecule has 0 amide bonds. The van der Waals surface area contributed by atoms with E-state index in [-0.39, 0.29) is 19.0 Å². The summed E-state index contributed by atoms with van der Waals surface area (Å²) in [4.78, 5) is 18.6. The lowest BCUT2D eigenvalue weighted by molar-refractivity contribution is 0.101. The molecule has 0 unspecified atom stereocenters. The summed E-state index contributed by atoms with van der Waals surface area (Å²) < 4.78 is 19.0. The van der Waals surface area contributed by atoms with E-state index in [4.69, 9.17) is 9.41 Å². The Morgan fingerprint density at radius 2 is 1.76 bits per heavy atom. The van der Waals surface area contributed by atoms with Crippen LogP contribution in [-0.2, 0) is 6.42 Å². The first-order valence-electron chi connectivity index (χ1n) is 10.8. The summed E-state index contributed by atoms with van der Waals surface area (Å²) in [6, 6.07) is 23.9. The van der Waals surface area contributed by atoms with Gasteiger partial charge in [0.2, 0.25) is 0 Å². The Labute approximate surface area is 204 Å². The van der Waals surface area contributed by atoms with Crippen molar-refractivity contribution in [1.82, 2.24) is 0 Å². The van der Waals surface area contributed by atoms with Gasteiger partial charge in [-0.15, -0.1) is 0 Å². The molecule has 34 heavy (non-hydrogen) atoms. The molecule has 0 saturated heterocycles. The molecule has 0 N–H and O–H groups in total. The molecule has 0 saturated carbocycles. The minimum Gasteiger partial charge on any atom is -0.466 e. The second kappa shape index (κ2) is 11.1. The van der Waals surface area contributed by atoms with E-state index >= 15 is 0 Å². The third-order valence-electron chi connectivity index (χ3n) is 5.20. The fourth-order valence-electron chi connectivity index (χ4n) is 3.49. The number of nitrogens with zero attached hydrogens (tertiary/aromatic N) is 1. The molecule has 2 heterocycles. The van der Waals surface area contributed by atoms with Gasteiger partial charge in [0.05, 0.1) is 11.4 Å². The predicted octanol–water partition coefficient (Wildman–Crippen LogP) is 8.45. The van der Waals surface area contributed by atoms with Crippen LogP contribution in [0.3, 0.4) is 0 Å². The monoisotopic (exact) mass is 473 g/mol. The van der Waals surface area contributed by atoms with Crippen LogP contribution in [-0.4, -0.2) is 11.5 Å². The Kier molecular flexibility index (Phi) is 8.24. The Hall–Kier alpha value is -3.44. The Morgan fingerprint density at radius 1 is 0.971 bits per heavy atom. The van der Waals surface area contributed by atoms with Gasteiger partial charge in [-0.1, -0.05) is 62.5 Å². The molecule has 0 bridgehead atoms. The first-order chi connectivity index (χ1) is 15.9. The van der Waals surface area contributed by atoms with E-state index < -0.39 is 0 Å². The van der Waals surface area contributed by atoms with Gasteiger partial charge in [-0.2, -0.15) is 0 Å². The maximum Gasteiger partial charge on any atom is 0.159 e. The molecular formula is C29H28FNO2S. The van der Waals surface area contributed by atoms with E-state index in [1.807, 2.05) is 61.5 Å². The third kappa shape index (κ3) is 5.72. The summed E-state index contributed by atoms with van der Waals surface area (Å²) in [5.41, 5.74) is 3.73. The van der Waals surface area contributed by atoms with Gasteiger partial charge < -0.3 is 4.42 Å². The number of Topliss-reactive ketones (excluding diaryl/α,β-unsaturated/α-hetero) is 1. The highest BCUT2D eigenvalue weighted by molar-refractivity contribution is 7.99. The van der Waals surface area contributed by atoms with Gasteiger partial charge in [0.1, 0.15) is 17.3 Å². The summed E-state index contributed by atoms with van der Waals surface area (Å²) in [5, 5.41) is 0. The lowest BCUT2D eigenvalue weighted by Crippen LogP contribution is -2.04. The van der Waals surface area contributed by atoms with Crippen LogP contribution < -0.4 is 0 Å². The van der Waals surface area contributed by atoms with E-state index in [1.54, 1.807) is 23.9 Å². The summed E-state index contributed by atoms with van der Waals surface area (Å²) in [6.45, 7) is 5.58. The van der Waals surface area contributed by atoms with Crippen LogP contribution in [0.25, 0.3) is 0 Å². The molecule has 0 fully saturated rings. The molecule has 3 nitrogen and oxygen atoms in total. The van der Waals surface area contributed by atoms with Gasteiger partial charge in [0, 0.05) is 32.9 Å². The van der Waals surface area contributed by atoms with Crippen LogP contribution >= 0.6 is 11.8 Å². The number of benzene rings is 3. The largest absolute Gasteiger partial charge is 0.466 e. The number of carbonyl (C=O) groups excluding carboxylic acids is 1. The van der Waals surface area contributed by atoms with Crippen molar-refractivity contribution in [2.45, 2.75) is 44.4 Å². The SMILES string of the molecule is C.CC(=O)c1ccc2c(c1)N=C(c1cccc(F)c1)c1ccccc1S2.CCc1ccc(C)o1. The van der Waals surface area contributed by atoms with E-state index in [9.17, 15) is 9.18 Å². The zero-order chi connectivity index (χ0) is 23.4. The van der Waals surface area contributed by atoms with Crippen molar-refractivity contribution >= 4 is 28.9 Å². The molecule has 0 spiro atoms. The summed E-state index contributed by atoms with van der Waals surface area (Å²) >= 11 is 1.61. The topological polar surface area (TPSA) is 42.6 Å². The summed E-state index contributed by atoms with van der Waals surface area (Å²) in [5.74, 6) is 1.77. The van der Waals surface area contributed by atoms with Crippen molar-refractivity contribution in [3.05, 3.63) is 113 Å². The lowest BCUT2D eigenvalue weighted by Gasteiger charge is -2.09. The van der Waals surface area contributed by atoms with Gasteiger partial charge >= 0.3 is 0 Å². The van der Waals surface area contributed by atoms with Crippen molar-refractivity contribution in [3.8, 4) is 0 Å². The van der Waals surface area contributed by atoms with Crippen molar-refractivity contribution < 1.29 is 13.6 Å². The minimum atomic E-state index is -0.299. The highest BCUT2D eigenvalue weighted by Crippen LogP contribution is 2.41. The number of hydrogen-bond acceptors (Lipinski definition) is 4. The number of hydrogen-bond donors (Lipinski definition) is 0. The maximum atomic E-state index is 13.8. The second-order valence-electron chi connectivity index (χ2n) is 7.67. The third-order valence-corrected chi connectivity index (χ3v) is 6.34. The average Bonchev–Trinajstić information content (AvgIpc) is 3.16. The summed E-state index contributed by atoms with van der Waals surface area (Å²) in [6.07, 6.45) is 0.994. The van der Waals surface area contributed by atoms with Gasteiger partial charge in [0.25, 0.3) is 0 Å². The quantitative estimate of drug-likeness (QED) is 0.247. The van der Waals surface area contributed by atoms with E-state index in [1.165, 1.54) is 19.1 Å². The maximum absolute atomic E-state index is 13.8. The number of aliphatic imine (C=N–C) groups is 1. The van der Waals surface area contributed by atoms with Crippen LogP contribution in [0.2, 0.25) is 0 Å². The minimum absolute atomic E-state index is 0. The van der Waals surface area contributed by atoms with Crippen LogP contribution in [0.15, 0.2) is 98.1 Å². The standard InChI is InChI=1S/C21H14FNOS.C7H10O.CH4/c1-13(24)14-9-10-20-18(12-14)23-21(15-5-4-6-16(22)11-15)17-7-2-3-8-19(17)25-20;1-3-7-5-4-6(2)8-7;/h2-12H,1H3;4-5H,3H2,1-2H3;1H4. The van der Waals surface area contributed by atoms with Crippen molar-refractivity contribution in [3.63, 3.8) is 0 Å². The second-order valence-corrected chi connectivity index (χ2v) is 8.76. The molecule has 5 rings (SSSR count). The van der Waals surface area contributed by atoms with Crippen molar-refractivity contribution in [2.75, 3.05) is 0 Å². The number of furan rings is 1. The fourth-order valence-corrected chi connectivity index (χ4v) is 4.49. The lowest BCUT2D eigenvalue weighted by atomic mass is 10.0. The molecule has 1 aliphatic rings. The van der Waals surface area contributed by atoms with Gasteiger partial charge in [-0.3, -0.25) is 4.79 Å². The Balaban J connectivity index is 0.000000308. The first kappa shape index (κ1) is 25.2. The molecule has 0 aliphatic carbocycles. The van der Waals surface area contributed by atoms with Crippen LogP contribution in [0.1, 0.15) is 54.3 Å². The molecule has 1 aliphatic heterocycles. The zero-order valence-corrected chi connectivity index (χ0v) is 19.6. The molecule has 174 valence electrons. The number of carbonyl (C=O) groups is 1. The molecule has 0 atom stereocenters. The van der Waals surface area contributed by atoms with Gasteiger partial charge in [-0.25, -0.2) is 9.38 Å². The first-order valence-corrected chi connectivity index (χ1v) is 11.6. The van der Waals surface area contributed by atoms with E-state index in [0.717, 1.165) is 39.0 Å². The summed E-state index contributed by atoms with van der Waals surface area (Å²) in [7, 11) is 0. The molecule has 5 heteroatoms. The molecular weight excluding hydrogens is 445 g/mol. The highest BCUT2D eigenvalue weighted by atomic mass is 32.2. The predicted molar refractivity (Wildman–Crippen MR) is 138 cm³/mol. The number of ketones is 1. The smallest absolute Gasteiger partial charge is 0.159 e. The zero-order valence-electron chi connectivity index (χ0n) is 18.8. The van der Waals surface area contributed by atoms with E-state index in [0.29, 0.717) is 16.8 Å². The van der Waals surface area contributed by atoms with E-state index in [2.05, 4.69) is 6.92 Å². The van der Waals surface area contributed by atoms with Crippen molar-refractivity contribution in [2.24, 2.45) is 4.99 Å². The normalized spacial score (nSPS) is 11.6. The van der Waals surface area contributed by atoms with Crippen molar-refractivity contribution in [1.29, 1.82) is 0 Å². The molecule has 3 aromatic carbocycles. The van der Waals surface area contributed by atoms with Crippen LogP contribution in [0, 0.1) is 12.7 Å². The Bertz CT molecular complexity index is 1340. The van der Waals surface area contributed by atoms with Crippen LogP contribution in [0.4, 0.5) is 10.1 Å². The van der Waals surface area contributed by atoms with Crippen LogP contribution in [0.5, 0.6) is 0 Å². The molecule has 1 aromatic heterocycles.